The lowest BCUT2D eigenvalue weighted by Crippen LogP contribution is -2.10. The normalized spacial score (nSPS) is 10.3. The number of carbonyl (C=O) groups is 4. The molecule has 0 saturated carbocycles. The van der Waals surface area contributed by atoms with Gasteiger partial charge in [-0.1, -0.05) is 0 Å². The highest BCUT2D eigenvalue weighted by molar-refractivity contribution is 7.91. The molecule has 0 aliphatic rings. The molecule has 0 aromatic heterocycles. The summed E-state index contributed by atoms with van der Waals surface area (Å²) in [5, 5.41) is 4.86. The van der Waals surface area contributed by atoms with Crippen LogP contribution in [0, 0.1) is 0 Å². The summed E-state index contributed by atoms with van der Waals surface area (Å²) in [6.07, 6.45) is 1.03. The molecule has 0 atom stereocenters. The fourth-order valence-corrected chi connectivity index (χ4v) is 4.50. The van der Waals surface area contributed by atoms with Crippen LogP contribution in [0.2, 0.25) is 0 Å². The number of benzene rings is 4. The molecule has 12 heteroatoms. The smallest absolute Gasteiger partial charge is 0.248 e. The number of primary amides is 2. The second-order valence-electron chi connectivity index (χ2n) is 7.96. The Labute approximate surface area is 229 Å². The summed E-state index contributed by atoms with van der Waals surface area (Å²) in [4.78, 5) is 42.7. The van der Waals surface area contributed by atoms with Crippen molar-refractivity contribution >= 4 is 45.8 Å². The molecule has 0 heterocycles. The van der Waals surface area contributed by atoms with Crippen molar-refractivity contribution in [3.05, 3.63) is 108 Å². The van der Waals surface area contributed by atoms with Gasteiger partial charge < -0.3 is 26.8 Å². The van der Waals surface area contributed by atoms with Crippen LogP contribution in [0.25, 0.3) is 0 Å². The Kier molecular flexibility index (Phi) is 9.70. The average molecular weight is 561 g/mol. The lowest BCUT2D eigenvalue weighted by atomic mass is 10.2. The van der Waals surface area contributed by atoms with Crippen molar-refractivity contribution in [3.8, 4) is 11.5 Å². The first-order valence-electron chi connectivity index (χ1n) is 11.5. The molecule has 204 valence electrons. The molecule has 4 amide bonds. The molecular weight excluding hydrogens is 536 g/mol. The number of anilines is 2. The summed E-state index contributed by atoms with van der Waals surface area (Å²) >= 11 is 0. The van der Waals surface area contributed by atoms with Crippen molar-refractivity contribution in [1.82, 2.24) is 0 Å². The summed E-state index contributed by atoms with van der Waals surface area (Å²) in [6, 6.07) is 24.6. The van der Waals surface area contributed by atoms with E-state index in [2.05, 4.69) is 10.6 Å². The first kappa shape index (κ1) is 29.1. The molecule has 0 aliphatic heterocycles. The summed E-state index contributed by atoms with van der Waals surface area (Å²) < 4.78 is 30.3. The van der Waals surface area contributed by atoms with E-state index in [-0.39, 0.29) is 9.79 Å². The van der Waals surface area contributed by atoms with Gasteiger partial charge in [0.1, 0.15) is 11.5 Å². The molecule has 0 fully saturated rings. The van der Waals surface area contributed by atoms with Crippen LogP contribution >= 0.6 is 0 Å². The van der Waals surface area contributed by atoms with Crippen molar-refractivity contribution in [2.24, 2.45) is 11.5 Å². The highest BCUT2D eigenvalue weighted by Crippen LogP contribution is 2.24. The van der Waals surface area contributed by atoms with Gasteiger partial charge in [0.15, 0.2) is 0 Å². The van der Waals surface area contributed by atoms with Crippen molar-refractivity contribution < 1.29 is 32.3 Å². The van der Waals surface area contributed by atoms with Crippen molar-refractivity contribution in [1.29, 1.82) is 0 Å². The van der Waals surface area contributed by atoms with Gasteiger partial charge in [0.25, 0.3) is 0 Å². The van der Waals surface area contributed by atoms with Crippen LogP contribution in [0.1, 0.15) is 20.7 Å². The Bertz CT molecular complexity index is 1470. The fourth-order valence-electron chi connectivity index (χ4n) is 3.24. The molecule has 0 aliphatic carbocycles. The maximum Gasteiger partial charge on any atom is 0.248 e. The minimum atomic E-state index is -3.63. The Morgan fingerprint density at radius 1 is 0.575 bits per heavy atom. The van der Waals surface area contributed by atoms with Crippen LogP contribution in [0.5, 0.6) is 11.5 Å². The molecular formula is C28H24N4O7S. The summed E-state index contributed by atoms with van der Waals surface area (Å²) in [5.41, 5.74) is 12.1. The second-order valence-corrected chi connectivity index (χ2v) is 9.91. The van der Waals surface area contributed by atoms with Gasteiger partial charge in [-0.15, -0.1) is 0 Å². The van der Waals surface area contributed by atoms with Gasteiger partial charge in [0, 0.05) is 22.5 Å². The molecule has 40 heavy (non-hydrogen) atoms. The molecule has 11 nitrogen and oxygen atoms in total. The van der Waals surface area contributed by atoms with E-state index in [0.717, 1.165) is 0 Å². The SMILES string of the molecule is NC(=O)c1ccc(Oc2ccc(C(N)=O)cc2)cc1.O=CNc1ccc(S(=O)(=O)c2ccc(NC=O)cc2)cc1. The number of nitrogens with two attached hydrogens (primary N) is 2. The Balaban J connectivity index is 0.000000222. The van der Waals surface area contributed by atoms with E-state index in [1.165, 1.54) is 48.5 Å². The van der Waals surface area contributed by atoms with Gasteiger partial charge in [-0.2, -0.15) is 0 Å². The Morgan fingerprint density at radius 3 is 1.18 bits per heavy atom. The van der Waals surface area contributed by atoms with E-state index >= 15 is 0 Å². The van der Waals surface area contributed by atoms with Crippen molar-refractivity contribution in [2.75, 3.05) is 10.6 Å². The molecule has 4 rings (SSSR count). The van der Waals surface area contributed by atoms with Gasteiger partial charge in [-0.25, -0.2) is 8.42 Å². The van der Waals surface area contributed by atoms with Gasteiger partial charge in [-0.3, -0.25) is 19.2 Å². The molecule has 6 N–H and O–H groups in total. The topological polar surface area (TPSA) is 188 Å². The van der Waals surface area contributed by atoms with Crippen LogP contribution < -0.4 is 26.8 Å². The number of ether oxygens (including phenoxy) is 1. The second kappa shape index (κ2) is 13.3. The summed E-state index contributed by atoms with van der Waals surface area (Å²) in [5.74, 6) is 0.156. The average Bonchev–Trinajstić information content (AvgIpc) is 2.95. The quantitative estimate of drug-likeness (QED) is 0.214. The minimum Gasteiger partial charge on any atom is -0.457 e. The maximum atomic E-state index is 12.4. The number of nitrogens with one attached hydrogen (secondary N) is 2. The summed E-state index contributed by atoms with van der Waals surface area (Å²) in [6.45, 7) is 0. The fraction of sp³-hybridized carbons (Fsp3) is 0. The third kappa shape index (κ3) is 7.76. The van der Waals surface area contributed by atoms with E-state index in [1.807, 2.05) is 0 Å². The van der Waals surface area contributed by atoms with Crippen LogP contribution in [-0.2, 0) is 19.4 Å². The number of carbonyl (C=O) groups excluding carboxylic acids is 4. The Morgan fingerprint density at radius 2 is 0.900 bits per heavy atom. The van der Waals surface area contributed by atoms with E-state index in [9.17, 15) is 27.6 Å². The van der Waals surface area contributed by atoms with Crippen LogP contribution in [0.15, 0.2) is 107 Å². The lowest BCUT2D eigenvalue weighted by molar-refractivity contribution is -0.106. The van der Waals surface area contributed by atoms with Gasteiger partial charge in [0.2, 0.25) is 34.5 Å². The standard InChI is InChI=1S/C14H12N2O4S.C14H12N2O3/c17-9-15-11-1-5-13(6-2-11)21(19,20)14-7-3-12(4-8-14)16-10-18;15-13(17)9-1-5-11(6-2-9)19-12-7-3-10(4-8-12)14(16)18/h1-10H,(H,15,17)(H,16,18);1-8H,(H2,15,17)(H2,16,18). The van der Waals surface area contributed by atoms with E-state index in [1.54, 1.807) is 48.5 Å². The van der Waals surface area contributed by atoms with Gasteiger partial charge in [0.05, 0.1) is 9.79 Å². The zero-order chi connectivity index (χ0) is 29.1. The van der Waals surface area contributed by atoms with Crippen LogP contribution in [0.4, 0.5) is 11.4 Å². The monoisotopic (exact) mass is 560 g/mol. The van der Waals surface area contributed by atoms with Gasteiger partial charge in [-0.05, 0) is 97.1 Å². The molecule has 0 bridgehead atoms. The third-order valence-electron chi connectivity index (χ3n) is 5.29. The first-order chi connectivity index (χ1) is 19.1. The van der Waals surface area contributed by atoms with Gasteiger partial charge >= 0.3 is 0 Å². The number of sulfone groups is 1. The highest BCUT2D eigenvalue weighted by Gasteiger charge is 2.17. The molecule has 4 aromatic rings. The number of rotatable bonds is 10. The zero-order valence-electron chi connectivity index (χ0n) is 20.8. The number of hydrogen-bond donors (Lipinski definition) is 4. The lowest BCUT2D eigenvalue weighted by Gasteiger charge is -2.06. The molecule has 0 saturated heterocycles. The zero-order valence-corrected chi connectivity index (χ0v) is 21.6. The minimum absolute atomic E-state index is 0.120. The first-order valence-corrected chi connectivity index (χ1v) is 13.0. The van der Waals surface area contributed by atoms with E-state index in [4.69, 9.17) is 16.2 Å². The largest absolute Gasteiger partial charge is 0.457 e. The number of hydrogen-bond acceptors (Lipinski definition) is 7. The molecule has 0 spiro atoms. The van der Waals surface area contributed by atoms with E-state index < -0.39 is 21.7 Å². The Hall–Kier alpha value is -5.49. The summed E-state index contributed by atoms with van der Waals surface area (Å²) in [7, 11) is -3.63. The van der Waals surface area contributed by atoms with Crippen molar-refractivity contribution in [3.63, 3.8) is 0 Å². The van der Waals surface area contributed by atoms with Crippen molar-refractivity contribution in [2.45, 2.75) is 9.79 Å². The van der Waals surface area contributed by atoms with Crippen LogP contribution in [0.3, 0.4) is 0 Å². The molecule has 0 radical (unpaired) electrons. The van der Waals surface area contributed by atoms with E-state index in [0.29, 0.717) is 46.8 Å². The highest BCUT2D eigenvalue weighted by atomic mass is 32.2. The number of amides is 4. The third-order valence-corrected chi connectivity index (χ3v) is 7.08. The molecule has 0 unspecified atom stereocenters. The molecule has 4 aromatic carbocycles. The predicted octanol–water partition coefficient (Wildman–Crippen LogP) is 3.33. The maximum absolute atomic E-state index is 12.4. The van der Waals surface area contributed by atoms with Crippen LogP contribution in [-0.4, -0.2) is 33.1 Å². The predicted molar refractivity (Wildman–Crippen MR) is 148 cm³/mol.